The van der Waals surface area contributed by atoms with Crippen molar-refractivity contribution in [3.05, 3.63) is 0 Å². The number of primary amides is 1. The van der Waals surface area contributed by atoms with E-state index in [1.807, 2.05) is 18.7 Å². The summed E-state index contributed by atoms with van der Waals surface area (Å²) in [5.41, 5.74) is 5.08. The van der Waals surface area contributed by atoms with Gasteiger partial charge in [0, 0.05) is 13.1 Å². The van der Waals surface area contributed by atoms with Crippen LogP contribution in [-0.4, -0.2) is 63.7 Å². The summed E-state index contributed by atoms with van der Waals surface area (Å²) >= 11 is 3.99. The van der Waals surface area contributed by atoms with Gasteiger partial charge in [-0.15, -0.1) is 10.2 Å². The third kappa shape index (κ3) is 5.41. The van der Waals surface area contributed by atoms with Gasteiger partial charge in [0.15, 0.2) is 8.68 Å². The van der Waals surface area contributed by atoms with Crippen molar-refractivity contribution < 1.29 is 14.3 Å². The van der Waals surface area contributed by atoms with Crippen LogP contribution in [0.2, 0.25) is 0 Å². The van der Waals surface area contributed by atoms with Crippen LogP contribution in [-0.2, 0) is 14.3 Å². The molecular formula is C12H18N4O3S3. The maximum Gasteiger partial charge on any atom is 0.233 e. The van der Waals surface area contributed by atoms with Gasteiger partial charge in [0.25, 0.3) is 0 Å². The van der Waals surface area contributed by atoms with Gasteiger partial charge >= 0.3 is 0 Å². The predicted octanol–water partition coefficient (Wildman–Crippen LogP) is 0.843. The number of nitrogens with zero attached hydrogens (tertiary/aromatic N) is 3. The summed E-state index contributed by atoms with van der Waals surface area (Å²) in [5, 5.41) is 7.96. The molecule has 2 atom stereocenters. The summed E-state index contributed by atoms with van der Waals surface area (Å²) in [4.78, 5) is 24.8. The van der Waals surface area contributed by atoms with Crippen molar-refractivity contribution >= 4 is 46.7 Å². The molecule has 0 aromatic carbocycles. The standard InChI is InChI=1S/C12H18N4O3S3/c1-7-3-16(4-8(2)19-7)10(18)6-21-12-15-14-11(22-12)20-5-9(13)17/h7-8H,3-6H2,1-2H3,(H2,13,17)/t7-,8-/m0/s1. The normalized spacial score (nSPS) is 21.8. The monoisotopic (exact) mass is 362 g/mol. The number of hydrogen-bond donors (Lipinski definition) is 1. The first-order chi connectivity index (χ1) is 10.4. The molecule has 2 amide bonds. The van der Waals surface area contributed by atoms with Gasteiger partial charge in [-0.05, 0) is 13.8 Å². The molecule has 10 heteroatoms. The zero-order valence-corrected chi connectivity index (χ0v) is 14.8. The minimum atomic E-state index is -0.389. The molecule has 1 aromatic rings. The van der Waals surface area contributed by atoms with Crippen LogP contribution >= 0.6 is 34.9 Å². The summed E-state index contributed by atoms with van der Waals surface area (Å²) in [6.07, 6.45) is 0.132. The average Bonchev–Trinajstić information content (AvgIpc) is 2.89. The van der Waals surface area contributed by atoms with Gasteiger partial charge in [0.05, 0.1) is 23.7 Å². The van der Waals surface area contributed by atoms with Gasteiger partial charge in [-0.3, -0.25) is 9.59 Å². The highest BCUT2D eigenvalue weighted by Crippen LogP contribution is 2.28. The van der Waals surface area contributed by atoms with E-state index < -0.39 is 0 Å². The molecule has 1 saturated heterocycles. The fraction of sp³-hybridized carbons (Fsp3) is 0.667. The Morgan fingerprint density at radius 2 is 1.77 bits per heavy atom. The number of carbonyl (C=O) groups is 2. The summed E-state index contributed by atoms with van der Waals surface area (Å²) in [5.74, 6) is 0.199. The van der Waals surface area contributed by atoms with Crippen molar-refractivity contribution in [2.75, 3.05) is 24.6 Å². The van der Waals surface area contributed by atoms with Gasteiger partial charge in [-0.1, -0.05) is 34.9 Å². The van der Waals surface area contributed by atoms with Crippen LogP contribution in [0.4, 0.5) is 0 Å². The molecule has 0 radical (unpaired) electrons. The van der Waals surface area contributed by atoms with Gasteiger partial charge in [0.1, 0.15) is 0 Å². The smallest absolute Gasteiger partial charge is 0.233 e. The Kier molecular flexibility index (Phi) is 6.48. The molecular weight excluding hydrogens is 344 g/mol. The number of thioether (sulfide) groups is 2. The fourth-order valence-electron chi connectivity index (χ4n) is 2.04. The van der Waals surface area contributed by atoms with Crippen molar-refractivity contribution in [1.29, 1.82) is 0 Å². The summed E-state index contributed by atoms with van der Waals surface area (Å²) in [6.45, 7) is 5.19. The molecule has 1 fully saturated rings. The second kappa shape index (κ2) is 8.14. The Balaban J connectivity index is 1.79. The summed E-state index contributed by atoms with van der Waals surface area (Å²) < 4.78 is 7.02. The summed E-state index contributed by atoms with van der Waals surface area (Å²) in [7, 11) is 0. The lowest BCUT2D eigenvalue weighted by Crippen LogP contribution is -2.48. The second-order valence-electron chi connectivity index (χ2n) is 4.93. The Labute approximate surface area is 141 Å². The van der Waals surface area contributed by atoms with Crippen LogP contribution in [0, 0.1) is 0 Å². The number of rotatable bonds is 6. The number of ether oxygens (including phenoxy) is 1. The van der Waals surface area contributed by atoms with E-state index in [1.54, 1.807) is 0 Å². The number of hydrogen-bond acceptors (Lipinski definition) is 8. The molecule has 2 N–H and O–H groups in total. The SMILES string of the molecule is C[C@H]1CN(C(=O)CSc2nnc(SCC(N)=O)s2)C[C@H](C)O1. The minimum absolute atomic E-state index is 0.0658. The van der Waals surface area contributed by atoms with Gasteiger partial charge in [0.2, 0.25) is 11.8 Å². The molecule has 0 unspecified atom stereocenters. The van der Waals surface area contributed by atoms with E-state index in [0.29, 0.717) is 23.2 Å². The zero-order chi connectivity index (χ0) is 16.1. The van der Waals surface area contributed by atoms with Crippen LogP contribution < -0.4 is 5.73 Å². The molecule has 2 rings (SSSR count). The second-order valence-corrected chi connectivity index (χ2v) is 8.36. The topological polar surface area (TPSA) is 98.4 Å². The minimum Gasteiger partial charge on any atom is -0.372 e. The lowest BCUT2D eigenvalue weighted by atomic mass is 10.2. The Hall–Kier alpha value is -0.840. The molecule has 0 bridgehead atoms. The maximum atomic E-state index is 12.2. The van der Waals surface area contributed by atoms with Gasteiger partial charge in [-0.2, -0.15) is 0 Å². The van der Waals surface area contributed by atoms with E-state index >= 15 is 0 Å². The highest BCUT2D eigenvalue weighted by Gasteiger charge is 2.25. The van der Waals surface area contributed by atoms with E-state index in [9.17, 15) is 9.59 Å². The lowest BCUT2D eigenvalue weighted by molar-refractivity contribution is -0.140. The Morgan fingerprint density at radius 3 is 2.32 bits per heavy atom. The molecule has 7 nitrogen and oxygen atoms in total. The van der Waals surface area contributed by atoms with Crippen LogP contribution in [0.1, 0.15) is 13.8 Å². The highest BCUT2D eigenvalue weighted by atomic mass is 32.2. The molecule has 1 aliphatic rings. The van der Waals surface area contributed by atoms with Crippen LogP contribution in [0.15, 0.2) is 8.68 Å². The van der Waals surface area contributed by atoms with E-state index in [-0.39, 0.29) is 29.8 Å². The number of carbonyl (C=O) groups excluding carboxylic acids is 2. The first kappa shape index (κ1) is 17.5. The van der Waals surface area contributed by atoms with Crippen LogP contribution in [0.5, 0.6) is 0 Å². The molecule has 2 heterocycles. The lowest BCUT2D eigenvalue weighted by Gasteiger charge is -2.35. The van der Waals surface area contributed by atoms with E-state index in [2.05, 4.69) is 10.2 Å². The quantitative estimate of drug-likeness (QED) is 0.749. The number of nitrogens with two attached hydrogens (primary N) is 1. The van der Waals surface area contributed by atoms with Crippen LogP contribution in [0.25, 0.3) is 0 Å². The van der Waals surface area contributed by atoms with Crippen molar-refractivity contribution in [2.45, 2.75) is 34.7 Å². The van der Waals surface area contributed by atoms with Crippen LogP contribution in [0.3, 0.4) is 0 Å². The highest BCUT2D eigenvalue weighted by molar-refractivity contribution is 8.03. The predicted molar refractivity (Wildman–Crippen MR) is 87.1 cm³/mol. The molecule has 1 aliphatic heterocycles. The molecule has 0 saturated carbocycles. The first-order valence-electron chi connectivity index (χ1n) is 6.74. The van der Waals surface area contributed by atoms with E-state index in [4.69, 9.17) is 10.5 Å². The average molecular weight is 363 g/mol. The van der Waals surface area contributed by atoms with Crippen molar-refractivity contribution in [3.8, 4) is 0 Å². The fourth-order valence-corrected chi connectivity index (χ4v) is 4.70. The first-order valence-corrected chi connectivity index (χ1v) is 9.53. The van der Waals surface area contributed by atoms with E-state index in [1.165, 1.54) is 34.9 Å². The molecule has 0 aliphatic carbocycles. The Morgan fingerprint density at radius 1 is 1.23 bits per heavy atom. The van der Waals surface area contributed by atoms with Crippen molar-refractivity contribution in [1.82, 2.24) is 15.1 Å². The van der Waals surface area contributed by atoms with Gasteiger partial charge in [-0.25, -0.2) is 0 Å². The van der Waals surface area contributed by atoms with Crippen molar-refractivity contribution in [2.24, 2.45) is 5.73 Å². The third-order valence-electron chi connectivity index (χ3n) is 2.82. The third-order valence-corrected chi connectivity index (χ3v) is 6.01. The number of morpholine rings is 1. The van der Waals surface area contributed by atoms with Crippen molar-refractivity contribution in [3.63, 3.8) is 0 Å². The molecule has 1 aromatic heterocycles. The van der Waals surface area contributed by atoms with E-state index in [0.717, 1.165) is 4.34 Å². The molecule has 0 spiro atoms. The maximum absolute atomic E-state index is 12.2. The largest absolute Gasteiger partial charge is 0.372 e. The summed E-state index contributed by atoms with van der Waals surface area (Å²) in [6, 6.07) is 0. The molecule has 122 valence electrons. The molecule has 22 heavy (non-hydrogen) atoms. The Bertz CT molecular complexity index is 529. The number of aromatic nitrogens is 2. The van der Waals surface area contributed by atoms with Gasteiger partial charge < -0.3 is 15.4 Å². The zero-order valence-electron chi connectivity index (χ0n) is 12.4. The number of amides is 2.